The first kappa shape index (κ1) is 16.4. The second-order valence-electron chi connectivity index (χ2n) is 5.21. The third-order valence-corrected chi connectivity index (χ3v) is 5.35. The van der Waals surface area contributed by atoms with Crippen LogP contribution in [0.4, 0.5) is 0 Å². The number of hydrogen-bond acceptors (Lipinski definition) is 5. The summed E-state index contributed by atoms with van der Waals surface area (Å²) in [6.45, 7) is 2.86. The van der Waals surface area contributed by atoms with Gasteiger partial charge in [-0.2, -0.15) is 4.31 Å². The number of ether oxygens (including phenoxy) is 1. The molecule has 1 fully saturated rings. The first-order valence-corrected chi connectivity index (χ1v) is 8.14. The van der Waals surface area contributed by atoms with E-state index in [1.807, 2.05) is 6.92 Å². The minimum atomic E-state index is -3.96. The maximum atomic E-state index is 12.6. The minimum absolute atomic E-state index is 0.0211. The lowest BCUT2D eigenvalue weighted by Crippen LogP contribution is -2.40. The van der Waals surface area contributed by atoms with Crippen molar-refractivity contribution in [2.45, 2.75) is 37.3 Å². The maximum Gasteiger partial charge on any atom is 0.322 e. The van der Waals surface area contributed by atoms with Crippen LogP contribution in [0.3, 0.4) is 0 Å². The SMILES string of the molecule is CC(=O)OC1C[C@H](C(=O)O)N(S(=O)(=O)c2ccc(C)cc2)C1. The summed E-state index contributed by atoms with van der Waals surface area (Å²) in [6, 6.07) is 4.91. The predicted octanol–water partition coefficient (Wildman–Crippen LogP) is 0.774. The lowest BCUT2D eigenvalue weighted by molar-refractivity contribution is -0.146. The third kappa shape index (κ3) is 3.28. The molecule has 1 aromatic carbocycles. The van der Waals surface area contributed by atoms with Gasteiger partial charge in [0.25, 0.3) is 0 Å². The number of hydrogen-bond donors (Lipinski definition) is 1. The quantitative estimate of drug-likeness (QED) is 0.820. The Labute approximate surface area is 128 Å². The molecular weight excluding hydrogens is 310 g/mol. The summed E-state index contributed by atoms with van der Waals surface area (Å²) in [4.78, 5) is 22.4. The van der Waals surface area contributed by atoms with Crippen LogP contribution in [-0.4, -0.2) is 48.5 Å². The first-order valence-electron chi connectivity index (χ1n) is 6.70. The van der Waals surface area contributed by atoms with Gasteiger partial charge in [0.05, 0.1) is 11.4 Å². The van der Waals surface area contributed by atoms with Crippen molar-refractivity contribution in [2.75, 3.05) is 6.54 Å². The van der Waals surface area contributed by atoms with Crippen molar-refractivity contribution in [2.24, 2.45) is 0 Å². The van der Waals surface area contributed by atoms with E-state index in [1.54, 1.807) is 12.1 Å². The number of aryl methyl sites for hydroxylation is 1. The molecule has 1 saturated heterocycles. The number of nitrogens with zero attached hydrogens (tertiary/aromatic N) is 1. The van der Waals surface area contributed by atoms with Crippen molar-refractivity contribution < 1.29 is 27.9 Å². The number of carbonyl (C=O) groups is 2. The molecule has 0 aromatic heterocycles. The molecular formula is C14H17NO6S. The third-order valence-electron chi connectivity index (χ3n) is 3.46. The topological polar surface area (TPSA) is 101 Å². The lowest BCUT2D eigenvalue weighted by atomic mass is 10.2. The highest BCUT2D eigenvalue weighted by Crippen LogP contribution is 2.28. The molecule has 7 nitrogen and oxygen atoms in total. The first-order chi connectivity index (χ1) is 10.2. The van der Waals surface area contributed by atoms with Gasteiger partial charge < -0.3 is 9.84 Å². The molecule has 0 spiro atoms. The van der Waals surface area contributed by atoms with E-state index in [-0.39, 0.29) is 17.9 Å². The van der Waals surface area contributed by atoms with E-state index >= 15 is 0 Å². The molecule has 0 radical (unpaired) electrons. The van der Waals surface area contributed by atoms with E-state index < -0.39 is 34.1 Å². The average molecular weight is 327 g/mol. The van der Waals surface area contributed by atoms with Gasteiger partial charge in [0.2, 0.25) is 10.0 Å². The van der Waals surface area contributed by atoms with Gasteiger partial charge >= 0.3 is 11.9 Å². The van der Waals surface area contributed by atoms with Crippen molar-refractivity contribution in [3.63, 3.8) is 0 Å². The number of esters is 1. The molecule has 2 rings (SSSR count). The highest BCUT2D eigenvalue weighted by Gasteiger charge is 2.45. The zero-order valence-corrected chi connectivity index (χ0v) is 13.0. The Morgan fingerprint density at radius 2 is 1.86 bits per heavy atom. The lowest BCUT2D eigenvalue weighted by Gasteiger charge is -2.20. The molecule has 1 aliphatic heterocycles. The monoisotopic (exact) mass is 327 g/mol. The predicted molar refractivity (Wildman–Crippen MR) is 76.7 cm³/mol. The van der Waals surface area contributed by atoms with Crippen molar-refractivity contribution in [1.82, 2.24) is 4.31 Å². The molecule has 1 N–H and O–H groups in total. The van der Waals surface area contributed by atoms with Crippen LogP contribution in [0.5, 0.6) is 0 Å². The summed E-state index contributed by atoms with van der Waals surface area (Å²) in [5, 5.41) is 9.24. The van der Waals surface area contributed by atoms with Crippen LogP contribution in [0.15, 0.2) is 29.2 Å². The number of sulfonamides is 1. The number of aliphatic carboxylic acids is 1. The average Bonchev–Trinajstić information content (AvgIpc) is 2.83. The molecule has 22 heavy (non-hydrogen) atoms. The largest absolute Gasteiger partial charge is 0.480 e. The number of carboxylic acid groups (broad SMARTS) is 1. The summed E-state index contributed by atoms with van der Waals surface area (Å²) in [6.07, 6.45) is -0.807. The standard InChI is InChI=1S/C14H17NO6S/c1-9-3-5-12(6-4-9)22(19,20)15-8-11(21-10(2)16)7-13(15)14(17)18/h3-6,11,13H,7-8H2,1-2H3,(H,17,18)/t11?,13-/m1/s1. The Kier molecular flexibility index (Phi) is 4.52. The number of benzene rings is 1. The summed E-state index contributed by atoms with van der Waals surface area (Å²) in [5.74, 6) is -1.82. The summed E-state index contributed by atoms with van der Waals surface area (Å²) < 4.78 is 31.1. The molecule has 8 heteroatoms. The van der Waals surface area contributed by atoms with Gasteiger partial charge in [0.1, 0.15) is 12.1 Å². The van der Waals surface area contributed by atoms with Crippen LogP contribution in [0.1, 0.15) is 18.9 Å². The Balaban J connectivity index is 2.33. The fraction of sp³-hybridized carbons (Fsp3) is 0.429. The van der Waals surface area contributed by atoms with Gasteiger partial charge in [-0.1, -0.05) is 17.7 Å². The molecule has 0 aliphatic carbocycles. The molecule has 1 unspecified atom stereocenters. The Morgan fingerprint density at radius 3 is 2.36 bits per heavy atom. The zero-order valence-electron chi connectivity index (χ0n) is 12.2. The number of carbonyl (C=O) groups excluding carboxylic acids is 1. The van der Waals surface area contributed by atoms with Gasteiger partial charge in [-0.05, 0) is 19.1 Å². The smallest absolute Gasteiger partial charge is 0.322 e. The van der Waals surface area contributed by atoms with Crippen LogP contribution in [0.25, 0.3) is 0 Å². The molecule has 2 atom stereocenters. The Morgan fingerprint density at radius 1 is 1.27 bits per heavy atom. The van der Waals surface area contributed by atoms with Crippen LogP contribution in [0, 0.1) is 6.92 Å². The second-order valence-corrected chi connectivity index (χ2v) is 7.10. The van der Waals surface area contributed by atoms with Gasteiger partial charge in [-0.3, -0.25) is 9.59 Å². The molecule has 1 heterocycles. The van der Waals surface area contributed by atoms with Crippen LogP contribution >= 0.6 is 0 Å². The highest BCUT2D eigenvalue weighted by molar-refractivity contribution is 7.89. The molecule has 1 aliphatic rings. The van der Waals surface area contributed by atoms with E-state index in [1.165, 1.54) is 19.1 Å². The van der Waals surface area contributed by atoms with Crippen LogP contribution < -0.4 is 0 Å². The van der Waals surface area contributed by atoms with Crippen molar-refractivity contribution >= 4 is 22.0 Å². The fourth-order valence-electron chi connectivity index (χ4n) is 2.42. The van der Waals surface area contributed by atoms with Gasteiger partial charge in [0, 0.05) is 13.3 Å². The normalized spacial score (nSPS) is 22.5. The van der Waals surface area contributed by atoms with Gasteiger partial charge in [-0.25, -0.2) is 8.42 Å². The van der Waals surface area contributed by atoms with E-state index in [4.69, 9.17) is 4.74 Å². The Bertz CT molecular complexity index is 682. The van der Waals surface area contributed by atoms with Crippen LogP contribution in [-0.2, 0) is 24.3 Å². The fourth-order valence-corrected chi connectivity index (χ4v) is 4.05. The Hall–Kier alpha value is -1.93. The minimum Gasteiger partial charge on any atom is -0.480 e. The number of carboxylic acids is 1. The molecule has 0 saturated carbocycles. The molecule has 0 amide bonds. The summed E-state index contributed by atoms with van der Waals surface area (Å²) in [5.41, 5.74) is 0.896. The molecule has 120 valence electrons. The summed E-state index contributed by atoms with van der Waals surface area (Å²) in [7, 11) is -3.96. The molecule has 0 bridgehead atoms. The van der Waals surface area contributed by atoms with E-state index in [2.05, 4.69) is 0 Å². The number of rotatable bonds is 4. The second kappa shape index (κ2) is 6.05. The van der Waals surface area contributed by atoms with Crippen molar-refractivity contribution in [3.8, 4) is 0 Å². The van der Waals surface area contributed by atoms with Crippen molar-refractivity contribution in [3.05, 3.63) is 29.8 Å². The molecule has 1 aromatic rings. The van der Waals surface area contributed by atoms with Crippen LogP contribution in [0.2, 0.25) is 0 Å². The maximum absolute atomic E-state index is 12.6. The van der Waals surface area contributed by atoms with E-state index in [9.17, 15) is 23.1 Å². The van der Waals surface area contributed by atoms with E-state index in [0.29, 0.717) is 0 Å². The highest BCUT2D eigenvalue weighted by atomic mass is 32.2. The van der Waals surface area contributed by atoms with Gasteiger partial charge in [-0.15, -0.1) is 0 Å². The summed E-state index contributed by atoms with van der Waals surface area (Å²) >= 11 is 0. The zero-order chi connectivity index (χ0) is 16.5. The van der Waals surface area contributed by atoms with Gasteiger partial charge in [0.15, 0.2) is 0 Å². The van der Waals surface area contributed by atoms with Crippen molar-refractivity contribution in [1.29, 1.82) is 0 Å². The van der Waals surface area contributed by atoms with E-state index in [0.717, 1.165) is 9.87 Å².